The first-order valence-corrected chi connectivity index (χ1v) is 4.05. The zero-order valence-electron chi connectivity index (χ0n) is 6.33. The Balaban J connectivity index is 3.38. The molecule has 0 heterocycles. The number of nitrogens with zero attached hydrogens (tertiary/aromatic N) is 1. The molecule has 0 aliphatic carbocycles. The maximum Gasteiger partial charge on any atom is 0.276 e. The van der Waals surface area contributed by atoms with Crippen LogP contribution in [0.25, 0.3) is 0 Å². The fraction of sp³-hybridized carbons (Fsp3) is 0.143. The largest absolute Gasteiger partial charge is 0.391 e. The third-order valence-corrected chi connectivity index (χ3v) is 2.37. The molecule has 0 spiro atoms. The summed E-state index contributed by atoms with van der Waals surface area (Å²) >= 11 is 11.2. The second-order valence-electron chi connectivity index (χ2n) is 2.27. The van der Waals surface area contributed by atoms with E-state index in [-0.39, 0.29) is 21.3 Å². The van der Waals surface area contributed by atoms with Crippen LogP contribution in [-0.2, 0) is 6.61 Å². The Labute approximate surface area is 83.9 Å². The maximum absolute atomic E-state index is 10.4. The van der Waals surface area contributed by atoms with Crippen LogP contribution in [0.2, 0.25) is 10.0 Å². The Morgan fingerprint density at radius 3 is 2.54 bits per heavy atom. The molecule has 0 saturated heterocycles. The van der Waals surface area contributed by atoms with Gasteiger partial charge >= 0.3 is 0 Å². The zero-order chi connectivity index (χ0) is 10.0. The van der Waals surface area contributed by atoms with Gasteiger partial charge in [-0.25, -0.2) is 0 Å². The molecule has 1 rings (SSSR count). The predicted octanol–water partition coefficient (Wildman–Crippen LogP) is 2.39. The lowest BCUT2D eigenvalue weighted by Crippen LogP contribution is -1.96. The number of benzene rings is 1. The van der Waals surface area contributed by atoms with E-state index in [9.17, 15) is 10.1 Å². The van der Waals surface area contributed by atoms with Crippen molar-refractivity contribution in [1.29, 1.82) is 0 Å². The first-order chi connectivity index (χ1) is 6.07. The van der Waals surface area contributed by atoms with Crippen molar-refractivity contribution < 1.29 is 10.0 Å². The lowest BCUT2D eigenvalue weighted by atomic mass is 10.2. The normalized spacial score (nSPS) is 10.1. The molecule has 1 aromatic rings. The van der Waals surface area contributed by atoms with Crippen molar-refractivity contribution >= 4 is 28.9 Å². The van der Waals surface area contributed by atoms with Crippen molar-refractivity contribution in [2.24, 2.45) is 0 Å². The minimum Gasteiger partial charge on any atom is -0.391 e. The SMILES string of the molecule is O=[N+]([O-])c1ccc(Cl)c(Cl)c1CO. The zero-order valence-corrected chi connectivity index (χ0v) is 7.84. The average Bonchev–Trinajstić information content (AvgIpc) is 2.09. The number of nitro benzene ring substituents is 1. The first kappa shape index (κ1) is 10.2. The fourth-order valence-corrected chi connectivity index (χ4v) is 1.30. The lowest BCUT2D eigenvalue weighted by Gasteiger charge is -2.02. The van der Waals surface area contributed by atoms with Crippen molar-refractivity contribution in [2.45, 2.75) is 6.61 Å². The molecule has 0 unspecified atom stereocenters. The van der Waals surface area contributed by atoms with Gasteiger partial charge in [-0.3, -0.25) is 10.1 Å². The minimum atomic E-state index is -0.617. The molecule has 70 valence electrons. The fourth-order valence-electron chi connectivity index (χ4n) is 0.904. The van der Waals surface area contributed by atoms with Gasteiger partial charge in [-0.1, -0.05) is 23.2 Å². The number of rotatable bonds is 2. The van der Waals surface area contributed by atoms with Crippen molar-refractivity contribution in [3.63, 3.8) is 0 Å². The van der Waals surface area contributed by atoms with Crippen LogP contribution in [0, 0.1) is 10.1 Å². The molecule has 0 aliphatic rings. The molecule has 0 fully saturated rings. The van der Waals surface area contributed by atoms with E-state index in [2.05, 4.69) is 0 Å². The number of aliphatic hydroxyl groups is 1. The van der Waals surface area contributed by atoms with Crippen LogP contribution in [0.4, 0.5) is 5.69 Å². The van der Waals surface area contributed by atoms with Crippen LogP contribution in [0.3, 0.4) is 0 Å². The molecule has 0 aromatic heterocycles. The Kier molecular flexibility index (Phi) is 3.08. The van der Waals surface area contributed by atoms with Gasteiger partial charge in [-0.05, 0) is 6.07 Å². The monoisotopic (exact) mass is 221 g/mol. The van der Waals surface area contributed by atoms with Gasteiger partial charge in [0.05, 0.1) is 27.1 Å². The topological polar surface area (TPSA) is 63.4 Å². The first-order valence-electron chi connectivity index (χ1n) is 3.30. The quantitative estimate of drug-likeness (QED) is 0.617. The Morgan fingerprint density at radius 1 is 1.46 bits per heavy atom. The van der Waals surface area contributed by atoms with E-state index in [0.717, 1.165) is 0 Å². The van der Waals surface area contributed by atoms with Gasteiger partial charge in [0.15, 0.2) is 0 Å². The molecule has 0 atom stereocenters. The maximum atomic E-state index is 10.4. The molecule has 6 heteroatoms. The molecular formula is C7H5Cl2NO3. The summed E-state index contributed by atoms with van der Waals surface area (Å²) in [6.07, 6.45) is 0. The molecule has 0 bridgehead atoms. The summed E-state index contributed by atoms with van der Waals surface area (Å²) in [5.41, 5.74) is -0.184. The number of hydrogen-bond donors (Lipinski definition) is 1. The predicted molar refractivity (Wildman–Crippen MR) is 49.0 cm³/mol. The summed E-state index contributed by atoms with van der Waals surface area (Å²) in [6, 6.07) is 2.53. The van der Waals surface area contributed by atoms with Gasteiger partial charge < -0.3 is 5.11 Å². The third-order valence-electron chi connectivity index (χ3n) is 1.53. The van der Waals surface area contributed by atoms with Crippen molar-refractivity contribution in [3.05, 3.63) is 37.9 Å². The number of halogens is 2. The summed E-state index contributed by atoms with van der Waals surface area (Å²) in [7, 11) is 0. The summed E-state index contributed by atoms with van der Waals surface area (Å²) in [5, 5.41) is 19.5. The van der Waals surface area contributed by atoms with E-state index < -0.39 is 11.5 Å². The highest BCUT2D eigenvalue weighted by molar-refractivity contribution is 6.42. The Bertz CT molecular complexity index is 354. The highest BCUT2D eigenvalue weighted by atomic mass is 35.5. The molecule has 1 N–H and O–H groups in total. The van der Waals surface area contributed by atoms with Crippen LogP contribution in [-0.4, -0.2) is 10.0 Å². The van der Waals surface area contributed by atoms with E-state index in [1.807, 2.05) is 0 Å². The number of hydrogen-bond acceptors (Lipinski definition) is 3. The lowest BCUT2D eigenvalue weighted by molar-refractivity contribution is -0.385. The molecule has 13 heavy (non-hydrogen) atoms. The van der Waals surface area contributed by atoms with Gasteiger partial charge in [0.2, 0.25) is 0 Å². The minimum absolute atomic E-state index is 0.0263. The van der Waals surface area contributed by atoms with E-state index in [1.165, 1.54) is 12.1 Å². The van der Waals surface area contributed by atoms with Crippen LogP contribution < -0.4 is 0 Å². The second kappa shape index (κ2) is 3.91. The van der Waals surface area contributed by atoms with Crippen LogP contribution >= 0.6 is 23.2 Å². The van der Waals surface area contributed by atoms with Gasteiger partial charge in [-0.15, -0.1) is 0 Å². The summed E-state index contributed by atoms with van der Waals surface area (Å²) in [5.74, 6) is 0. The standard InChI is InChI=1S/C7H5Cl2NO3/c8-5-1-2-6(10(12)13)4(3-11)7(5)9/h1-2,11H,3H2. The Hall–Kier alpha value is -0.840. The molecule has 0 amide bonds. The van der Waals surface area contributed by atoms with Crippen LogP contribution in [0.15, 0.2) is 12.1 Å². The molecule has 0 aliphatic heterocycles. The van der Waals surface area contributed by atoms with Gasteiger partial charge in [0.1, 0.15) is 0 Å². The van der Waals surface area contributed by atoms with Crippen LogP contribution in [0.1, 0.15) is 5.56 Å². The van der Waals surface area contributed by atoms with Gasteiger partial charge in [0, 0.05) is 6.07 Å². The third kappa shape index (κ3) is 1.91. The van der Waals surface area contributed by atoms with Gasteiger partial charge in [-0.2, -0.15) is 0 Å². The summed E-state index contributed by atoms with van der Waals surface area (Å²) in [6.45, 7) is -0.504. The number of nitro groups is 1. The van der Waals surface area contributed by atoms with Crippen molar-refractivity contribution in [2.75, 3.05) is 0 Å². The highest BCUT2D eigenvalue weighted by Crippen LogP contribution is 2.32. The van der Waals surface area contributed by atoms with E-state index >= 15 is 0 Å². The average molecular weight is 222 g/mol. The molecule has 4 nitrogen and oxygen atoms in total. The summed E-state index contributed by atoms with van der Waals surface area (Å²) < 4.78 is 0. The van der Waals surface area contributed by atoms with Crippen LogP contribution in [0.5, 0.6) is 0 Å². The van der Waals surface area contributed by atoms with Crippen molar-refractivity contribution in [1.82, 2.24) is 0 Å². The Morgan fingerprint density at radius 2 is 2.08 bits per heavy atom. The molecule has 1 aromatic carbocycles. The van der Waals surface area contributed by atoms with E-state index in [4.69, 9.17) is 28.3 Å². The molecule has 0 saturated carbocycles. The summed E-state index contributed by atoms with van der Waals surface area (Å²) in [4.78, 5) is 9.82. The van der Waals surface area contributed by atoms with Gasteiger partial charge in [0.25, 0.3) is 5.69 Å². The van der Waals surface area contributed by atoms with Crippen molar-refractivity contribution in [3.8, 4) is 0 Å². The number of aliphatic hydroxyl groups excluding tert-OH is 1. The highest BCUT2D eigenvalue weighted by Gasteiger charge is 2.17. The molecule has 0 radical (unpaired) electrons. The smallest absolute Gasteiger partial charge is 0.276 e. The second-order valence-corrected chi connectivity index (χ2v) is 3.06. The van der Waals surface area contributed by atoms with E-state index in [1.54, 1.807) is 0 Å². The molecular weight excluding hydrogens is 217 g/mol. The van der Waals surface area contributed by atoms with E-state index in [0.29, 0.717) is 0 Å².